The summed E-state index contributed by atoms with van der Waals surface area (Å²) in [6.07, 6.45) is 2.32. The van der Waals surface area contributed by atoms with Crippen molar-refractivity contribution in [1.82, 2.24) is 9.80 Å². The lowest BCUT2D eigenvalue weighted by Gasteiger charge is -2.41. The van der Waals surface area contributed by atoms with Gasteiger partial charge in [-0.1, -0.05) is 0 Å². The van der Waals surface area contributed by atoms with Gasteiger partial charge in [0.2, 0.25) is 0 Å². The van der Waals surface area contributed by atoms with Crippen LogP contribution in [0.5, 0.6) is 5.75 Å². The Labute approximate surface area is 148 Å². The molecule has 0 N–H and O–H groups in total. The van der Waals surface area contributed by atoms with Crippen molar-refractivity contribution in [3.8, 4) is 11.8 Å². The van der Waals surface area contributed by atoms with E-state index < -0.39 is 0 Å². The second-order valence-corrected chi connectivity index (χ2v) is 6.71. The van der Waals surface area contributed by atoms with Gasteiger partial charge < -0.3 is 14.4 Å². The average Bonchev–Trinajstić information content (AvgIpc) is 2.66. The van der Waals surface area contributed by atoms with E-state index in [9.17, 15) is 4.79 Å². The molecular weight excluding hydrogens is 318 g/mol. The molecule has 0 aliphatic carbocycles. The molecule has 2 saturated heterocycles. The average molecular weight is 343 g/mol. The van der Waals surface area contributed by atoms with Crippen molar-refractivity contribution < 1.29 is 14.3 Å². The molecule has 0 aromatic heterocycles. The third-order valence-corrected chi connectivity index (χ3v) is 4.95. The number of nitriles is 1. The Kier molecular flexibility index (Phi) is 5.90. The number of ether oxygens (including phenoxy) is 2. The smallest absolute Gasteiger partial charge is 0.260 e. The van der Waals surface area contributed by atoms with Gasteiger partial charge in [-0.25, -0.2) is 0 Å². The first-order chi connectivity index (χ1) is 12.2. The van der Waals surface area contributed by atoms with E-state index in [1.165, 1.54) is 0 Å². The normalized spacial score (nSPS) is 22.4. The topological polar surface area (TPSA) is 65.8 Å². The first-order valence-electron chi connectivity index (χ1n) is 8.92. The number of piperidine rings is 1. The first-order valence-corrected chi connectivity index (χ1v) is 8.92. The number of carbonyl (C=O) groups excluding carboxylic acids is 1. The minimum absolute atomic E-state index is 0.0261. The van der Waals surface area contributed by atoms with Crippen LogP contribution in [0.25, 0.3) is 0 Å². The summed E-state index contributed by atoms with van der Waals surface area (Å²) in [5.41, 5.74) is 0.582. The van der Waals surface area contributed by atoms with Crippen molar-refractivity contribution in [3.05, 3.63) is 29.8 Å². The maximum absolute atomic E-state index is 12.3. The standard InChI is InChI=1S/C19H25N3O3/c1-15-13-22(10-11-24-15)17-6-8-21(9-7-17)19(23)14-25-18-4-2-16(12-20)3-5-18/h2-5,15,17H,6-11,13-14H2,1H3/t15-/m0/s1. The Morgan fingerprint density at radius 2 is 2.00 bits per heavy atom. The van der Waals surface area contributed by atoms with Crippen LogP contribution in [0.3, 0.4) is 0 Å². The molecule has 0 bridgehead atoms. The van der Waals surface area contributed by atoms with E-state index in [0.29, 0.717) is 23.5 Å². The summed E-state index contributed by atoms with van der Waals surface area (Å²) in [6, 6.07) is 9.43. The summed E-state index contributed by atoms with van der Waals surface area (Å²) >= 11 is 0. The van der Waals surface area contributed by atoms with Crippen molar-refractivity contribution in [2.45, 2.75) is 31.9 Å². The third-order valence-electron chi connectivity index (χ3n) is 4.95. The van der Waals surface area contributed by atoms with Crippen molar-refractivity contribution in [2.75, 3.05) is 39.4 Å². The summed E-state index contributed by atoms with van der Waals surface area (Å²) in [4.78, 5) is 16.7. The van der Waals surface area contributed by atoms with Crippen LogP contribution in [0.4, 0.5) is 0 Å². The lowest BCUT2D eigenvalue weighted by atomic mass is 10.0. The zero-order chi connectivity index (χ0) is 17.6. The van der Waals surface area contributed by atoms with E-state index in [-0.39, 0.29) is 12.5 Å². The molecule has 2 aliphatic heterocycles. The number of likely N-dealkylation sites (tertiary alicyclic amines) is 1. The molecule has 0 radical (unpaired) electrons. The zero-order valence-electron chi connectivity index (χ0n) is 14.7. The number of rotatable bonds is 4. The van der Waals surface area contributed by atoms with E-state index in [4.69, 9.17) is 14.7 Å². The maximum atomic E-state index is 12.3. The van der Waals surface area contributed by atoms with Gasteiger partial charge in [-0.3, -0.25) is 9.69 Å². The monoisotopic (exact) mass is 343 g/mol. The number of hydrogen-bond acceptors (Lipinski definition) is 5. The van der Waals surface area contributed by atoms with E-state index in [0.717, 1.165) is 45.6 Å². The lowest BCUT2D eigenvalue weighted by molar-refractivity contribution is -0.135. The summed E-state index contributed by atoms with van der Waals surface area (Å²) in [5, 5.41) is 8.78. The second kappa shape index (κ2) is 8.32. The van der Waals surface area contributed by atoms with Crippen LogP contribution in [0.1, 0.15) is 25.3 Å². The summed E-state index contributed by atoms with van der Waals surface area (Å²) in [5.74, 6) is 0.641. The number of hydrogen-bond donors (Lipinski definition) is 0. The zero-order valence-corrected chi connectivity index (χ0v) is 14.7. The second-order valence-electron chi connectivity index (χ2n) is 6.71. The van der Waals surface area contributed by atoms with Crippen LogP contribution in [0.15, 0.2) is 24.3 Å². The van der Waals surface area contributed by atoms with E-state index in [1.54, 1.807) is 24.3 Å². The highest BCUT2D eigenvalue weighted by Gasteiger charge is 2.29. The minimum atomic E-state index is 0.0261. The fourth-order valence-electron chi connectivity index (χ4n) is 3.52. The first kappa shape index (κ1) is 17.7. The molecule has 0 spiro atoms. The molecule has 6 nitrogen and oxygen atoms in total. The van der Waals surface area contributed by atoms with Crippen LogP contribution in [-0.2, 0) is 9.53 Å². The number of nitrogens with zero attached hydrogens (tertiary/aromatic N) is 3. The van der Waals surface area contributed by atoms with Gasteiger partial charge in [0.25, 0.3) is 5.91 Å². The highest BCUT2D eigenvalue weighted by Crippen LogP contribution is 2.20. The minimum Gasteiger partial charge on any atom is -0.484 e. The summed E-state index contributed by atoms with van der Waals surface area (Å²) in [7, 11) is 0. The predicted octanol–water partition coefficient (Wildman–Crippen LogP) is 1.65. The quantitative estimate of drug-likeness (QED) is 0.832. The van der Waals surface area contributed by atoms with E-state index >= 15 is 0 Å². The SMILES string of the molecule is C[C@H]1CN(C2CCN(C(=O)COc3ccc(C#N)cc3)CC2)CCO1. The Bertz CT molecular complexity index is 618. The number of amides is 1. The Hall–Kier alpha value is -2.10. The fourth-order valence-corrected chi connectivity index (χ4v) is 3.52. The van der Waals surface area contributed by atoms with E-state index in [1.807, 2.05) is 4.90 Å². The molecule has 134 valence electrons. The third kappa shape index (κ3) is 4.71. The Morgan fingerprint density at radius 3 is 2.64 bits per heavy atom. The van der Waals surface area contributed by atoms with Crippen LogP contribution in [0.2, 0.25) is 0 Å². The molecule has 3 rings (SSSR count). The van der Waals surface area contributed by atoms with Gasteiger partial charge in [0.1, 0.15) is 5.75 Å². The van der Waals surface area contributed by atoms with Crippen molar-refractivity contribution in [3.63, 3.8) is 0 Å². The molecular formula is C19H25N3O3. The molecule has 1 aromatic carbocycles. The predicted molar refractivity (Wildman–Crippen MR) is 93.2 cm³/mol. The van der Waals surface area contributed by atoms with Crippen LogP contribution >= 0.6 is 0 Å². The van der Waals surface area contributed by atoms with Gasteiger partial charge in [-0.05, 0) is 44.0 Å². The highest BCUT2D eigenvalue weighted by atomic mass is 16.5. The lowest BCUT2D eigenvalue weighted by Crippen LogP contribution is -2.52. The summed E-state index contributed by atoms with van der Waals surface area (Å²) < 4.78 is 11.2. The molecule has 0 saturated carbocycles. The molecule has 2 fully saturated rings. The van der Waals surface area contributed by atoms with Crippen LogP contribution < -0.4 is 4.74 Å². The van der Waals surface area contributed by atoms with Gasteiger partial charge >= 0.3 is 0 Å². The van der Waals surface area contributed by atoms with Crippen molar-refractivity contribution in [2.24, 2.45) is 0 Å². The van der Waals surface area contributed by atoms with Crippen LogP contribution in [-0.4, -0.2) is 67.2 Å². The molecule has 1 amide bonds. The van der Waals surface area contributed by atoms with Gasteiger partial charge in [-0.15, -0.1) is 0 Å². The van der Waals surface area contributed by atoms with Gasteiger partial charge in [0, 0.05) is 32.2 Å². The van der Waals surface area contributed by atoms with E-state index in [2.05, 4.69) is 17.9 Å². The molecule has 0 unspecified atom stereocenters. The Balaban J connectivity index is 1.42. The molecule has 1 aromatic rings. The van der Waals surface area contributed by atoms with Crippen molar-refractivity contribution in [1.29, 1.82) is 5.26 Å². The molecule has 2 heterocycles. The van der Waals surface area contributed by atoms with Gasteiger partial charge in [0.05, 0.1) is 24.3 Å². The summed E-state index contributed by atoms with van der Waals surface area (Å²) in [6.45, 7) is 6.51. The van der Waals surface area contributed by atoms with Crippen LogP contribution in [0, 0.1) is 11.3 Å². The maximum Gasteiger partial charge on any atom is 0.260 e. The number of carbonyl (C=O) groups is 1. The highest BCUT2D eigenvalue weighted by molar-refractivity contribution is 5.77. The van der Waals surface area contributed by atoms with Gasteiger partial charge in [0.15, 0.2) is 6.61 Å². The fraction of sp³-hybridized carbons (Fsp3) is 0.579. The molecule has 1 atom stereocenters. The molecule has 25 heavy (non-hydrogen) atoms. The van der Waals surface area contributed by atoms with Gasteiger partial charge in [-0.2, -0.15) is 5.26 Å². The molecule has 2 aliphatic rings. The molecule has 6 heteroatoms. The van der Waals surface area contributed by atoms with Crippen molar-refractivity contribution >= 4 is 5.91 Å². The number of benzene rings is 1. The Morgan fingerprint density at radius 1 is 1.28 bits per heavy atom. The number of morpholine rings is 1. The largest absolute Gasteiger partial charge is 0.484 e.